The molecule has 0 heterocycles. The number of benzene rings is 2. The quantitative estimate of drug-likeness (QED) is 0.670. The van der Waals surface area contributed by atoms with Gasteiger partial charge in [-0.3, -0.25) is 14.9 Å². The summed E-state index contributed by atoms with van der Waals surface area (Å²) >= 11 is 5.77. The summed E-state index contributed by atoms with van der Waals surface area (Å²) in [4.78, 5) is 22.3. The molecule has 2 aromatic rings. The SMILES string of the molecule is Cc1ccc([N+](=O)[O-])cc1NC(=O)c1cc(O)cc(Cl)c1. The number of non-ortho nitro benzene ring substituents is 1. The Kier molecular flexibility index (Phi) is 4.09. The minimum atomic E-state index is -0.541. The maximum atomic E-state index is 12.1. The fourth-order valence-corrected chi connectivity index (χ4v) is 1.99. The van der Waals surface area contributed by atoms with Crippen molar-refractivity contribution in [3.63, 3.8) is 0 Å². The number of nitrogens with one attached hydrogen (secondary N) is 1. The average Bonchev–Trinajstić information content (AvgIpc) is 2.39. The highest BCUT2D eigenvalue weighted by molar-refractivity contribution is 6.31. The largest absolute Gasteiger partial charge is 0.508 e. The zero-order valence-electron chi connectivity index (χ0n) is 11.0. The first-order chi connectivity index (χ1) is 9.86. The fraction of sp³-hybridized carbons (Fsp3) is 0.0714. The van der Waals surface area contributed by atoms with Crippen LogP contribution in [-0.4, -0.2) is 15.9 Å². The number of hydrogen-bond donors (Lipinski definition) is 2. The number of nitro groups is 1. The molecule has 0 aliphatic rings. The Hall–Kier alpha value is -2.60. The Morgan fingerprint density at radius 2 is 2.00 bits per heavy atom. The Morgan fingerprint density at radius 1 is 1.29 bits per heavy atom. The molecule has 0 aliphatic heterocycles. The van der Waals surface area contributed by atoms with Crippen LogP contribution in [-0.2, 0) is 0 Å². The molecule has 6 nitrogen and oxygen atoms in total. The van der Waals surface area contributed by atoms with Gasteiger partial charge in [0.05, 0.1) is 10.6 Å². The highest BCUT2D eigenvalue weighted by atomic mass is 35.5. The van der Waals surface area contributed by atoms with Gasteiger partial charge in [0.1, 0.15) is 5.75 Å². The number of anilines is 1. The monoisotopic (exact) mass is 306 g/mol. The Balaban J connectivity index is 2.31. The van der Waals surface area contributed by atoms with E-state index in [-0.39, 0.29) is 22.0 Å². The lowest BCUT2D eigenvalue weighted by Gasteiger charge is -2.09. The van der Waals surface area contributed by atoms with Crippen molar-refractivity contribution in [3.8, 4) is 5.75 Å². The van der Waals surface area contributed by atoms with Crippen molar-refractivity contribution in [1.29, 1.82) is 0 Å². The maximum absolute atomic E-state index is 12.1. The van der Waals surface area contributed by atoms with Crippen LogP contribution in [0.1, 0.15) is 15.9 Å². The van der Waals surface area contributed by atoms with Crippen LogP contribution in [0.15, 0.2) is 36.4 Å². The van der Waals surface area contributed by atoms with E-state index in [0.717, 1.165) is 0 Å². The van der Waals surface area contributed by atoms with E-state index in [1.54, 1.807) is 13.0 Å². The van der Waals surface area contributed by atoms with Crippen LogP contribution >= 0.6 is 11.6 Å². The van der Waals surface area contributed by atoms with Crippen molar-refractivity contribution >= 4 is 28.9 Å². The van der Waals surface area contributed by atoms with Gasteiger partial charge in [-0.15, -0.1) is 0 Å². The van der Waals surface area contributed by atoms with Crippen molar-refractivity contribution in [2.75, 3.05) is 5.32 Å². The van der Waals surface area contributed by atoms with E-state index in [1.165, 1.54) is 30.3 Å². The Morgan fingerprint density at radius 3 is 2.62 bits per heavy atom. The molecule has 2 rings (SSSR count). The van der Waals surface area contributed by atoms with Crippen LogP contribution in [0.3, 0.4) is 0 Å². The second kappa shape index (κ2) is 5.80. The van der Waals surface area contributed by atoms with Gasteiger partial charge in [0.2, 0.25) is 0 Å². The molecule has 21 heavy (non-hydrogen) atoms. The number of carbonyl (C=O) groups is 1. The lowest BCUT2D eigenvalue weighted by molar-refractivity contribution is -0.384. The molecule has 0 bridgehead atoms. The third kappa shape index (κ3) is 3.49. The number of halogens is 1. The van der Waals surface area contributed by atoms with Crippen molar-refractivity contribution in [2.24, 2.45) is 0 Å². The second-order valence-corrected chi connectivity index (χ2v) is 4.84. The molecule has 0 saturated heterocycles. The standard InChI is InChI=1S/C14H11ClN2O4/c1-8-2-3-11(17(20)21)7-13(8)16-14(19)9-4-10(15)6-12(18)5-9/h2-7,18H,1H3,(H,16,19). The molecule has 0 aromatic heterocycles. The lowest BCUT2D eigenvalue weighted by atomic mass is 10.1. The molecule has 0 spiro atoms. The lowest BCUT2D eigenvalue weighted by Crippen LogP contribution is -2.13. The Labute approximate surface area is 125 Å². The molecule has 0 atom stereocenters. The normalized spacial score (nSPS) is 10.2. The zero-order valence-corrected chi connectivity index (χ0v) is 11.7. The fourth-order valence-electron chi connectivity index (χ4n) is 1.76. The number of nitro benzene ring substituents is 1. The number of phenols is 1. The minimum absolute atomic E-state index is 0.121. The van der Waals surface area contributed by atoms with Crippen LogP contribution in [0, 0.1) is 17.0 Å². The third-order valence-electron chi connectivity index (χ3n) is 2.82. The van der Waals surface area contributed by atoms with Gasteiger partial charge in [-0.1, -0.05) is 17.7 Å². The first-order valence-corrected chi connectivity index (χ1v) is 6.30. The van der Waals surface area contributed by atoms with Gasteiger partial charge in [0, 0.05) is 22.7 Å². The molecular formula is C14H11ClN2O4. The molecule has 0 unspecified atom stereocenters. The molecule has 0 saturated carbocycles. The van der Waals surface area contributed by atoms with E-state index in [4.69, 9.17) is 11.6 Å². The number of nitrogens with zero attached hydrogens (tertiary/aromatic N) is 1. The number of phenolic OH excluding ortho intramolecular Hbond substituents is 1. The van der Waals surface area contributed by atoms with Gasteiger partial charge in [0.25, 0.3) is 11.6 Å². The van der Waals surface area contributed by atoms with E-state index in [2.05, 4.69) is 5.32 Å². The van der Waals surface area contributed by atoms with Crippen molar-refractivity contribution < 1.29 is 14.8 Å². The second-order valence-electron chi connectivity index (χ2n) is 4.41. The molecule has 0 aliphatic carbocycles. The first-order valence-electron chi connectivity index (χ1n) is 5.93. The topological polar surface area (TPSA) is 92.5 Å². The first kappa shape index (κ1) is 14.8. The summed E-state index contributed by atoms with van der Waals surface area (Å²) in [7, 11) is 0. The van der Waals surface area contributed by atoms with Crippen LogP contribution in [0.25, 0.3) is 0 Å². The average molecular weight is 307 g/mol. The van der Waals surface area contributed by atoms with Crippen LogP contribution in [0.5, 0.6) is 5.75 Å². The summed E-state index contributed by atoms with van der Waals surface area (Å²) in [5, 5.41) is 23.0. The number of aryl methyl sites for hydroxylation is 1. The van der Waals surface area contributed by atoms with E-state index >= 15 is 0 Å². The van der Waals surface area contributed by atoms with E-state index in [0.29, 0.717) is 11.3 Å². The van der Waals surface area contributed by atoms with Gasteiger partial charge in [-0.05, 0) is 30.7 Å². The molecule has 1 amide bonds. The predicted molar refractivity (Wildman–Crippen MR) is 78.9 cm³/mol. The van der Waals surface area contributed by atoms with E-state index in [9.17, 15) is 20.0 Å². The van der Waals surface area contributed by atoms with Crippen molar-refractivity contribution in [3.05, 3.63) is 62.7 Å². The summed E-state index contributed by atoms with van der Waals surface area (Å²) in [5.74, 6) is -0.653. The zero-order chi connectivity index (χ0) is 15.6. The van der Waals surface area contributed by atoms with Crippen LogP contribution < -0.4 is 5.32 Å². The van der Waals surface area contributed by atoms with Gasteiger partial charge < -0.3 is 10.4 Å². The van der Waals surface area contributed by atoms with Gasteiger partial charge >= 0.3 is 0 Å². The van der Waals surface area contributed by atoms with E-state index < -0.39 is 10.8 Å². The summed E-state index contributed by atoms with van der Waals surface area (Å²) in [5.41, 5.74) is 1.05. The summed E-state index contributed by atoms with van der Waals surface area (Å²) in [6.45, 7) is 1.72. The van der Waals surface area contributed by atoms with Crippen LogP contribution in [0.4, 0.5) is 11.4 Å². The summed E-state index contributed by atoms with van der Waals surface area (Å²) < 4.78 is 0. The molecule has 0 fully saturated rings. The van der Waals surface area contributed by atoms with Gasteiger partial charge in [-0.25, -0.2) is 0 Å². The Bertz CT molecular complexity index is 711. The highest BCUT2D eigenvalue weighted by Crippen LogP contribution is 2.24. The number of rotatable bonds is 3. The highest BCUT2D eigenvalue weighted by Gasteiger charge is 2.13. The number of amides is 1. The molecule has 108 valence electrons. The smallest absolute Gasteiger partial charge is 0.271 e. The number of carbonyl (C=O) groups excluding carboxylic acids is 1. The number of aromatic hydroxyl groups is 1. The molecule has 2 N–H and O–H groups in total. The minimum Gasteiger partial charge on any atom is -0.508 e. The predicted octanol–water partition coefficient (Wildman–Crippen LogP) is 3.51. The number of hydrogen-bond acceptors (Lipinski definition) is 4. The molecular weight excluding hydrogens is 296 g/mol. The van der Waals surface area contributed by atoms with Crippen LogP contribution in [0.2, 0.25) is 5.02 Å². The summed E-state index contributed by atoms with van der Waals surface area (Å²) in [6.07, 6.45) is 0. The molecule has 7 heteroatoms. The van der Waals surface area contributed by atoms with E-state index in [1.807, 2.05) is 0 Å². The third-order valence-corrected chi connectivity index (χ3v) is 3.04. The van der Waals surface area contributed by atoms with Crippen molar-refractivity contribution in [2.45, 2.75) is 6.92 Å². The van der Waals surface area contributed by atoms with Gasteiger partial charge in [0.15, 0.2) is 0 Å². The molecule has 0 radical (unpaired) electrons. The summed E-state index contributed by atoms with van der Waals surface area (Å²) in [6, 6.07) is 8.13. The van der Waals surface area contributed by atoms with Crippen molar-refractivity contribution in [1.82, 2.24) is 0 Å². The maximum Gasteiger partial charge on any atom is 0.271 e. The molecule has 2 aromatic carbocycles. The van der Waals surface area contributed by atoms with Gasteiger partial charge in [-0.2, -0.15) is 0 Å².